The third-order valence-corrected chi connectivity index (χ3v) is 3.07. The Morgan fingerprint density at radius 3 is 2.71 bits per heavy atom. The minimum Gasteiger partial charge on any atom is -0.300 e. The molecule has 0 aliphatic carbocycles. The molecule has 4 heteroatoms. The van der Waals surface area contributed by atoms with Gasteiger partial charge in [-0.1, -0.05) is 20.3 Å². The molecule has 0 spiro atoms. The zero-order chi connectivity index (χ0) is 12.8. The van der Waals surface area contributed by atoms with E-state index in [1.54, 1.807) is 18.1 Å². The Hall–Kier alpha value is -0.900. The number of nitrogens with zero attached hydrogens (tertiary/aromatic N) is 2. The van der Waals surface area contributed by atoms with Crippen LogP contribution in [-0.4, -0.2) is 17.9 Å². The standard InChI is InChI=1S/C13H19BrN2O/c1-10(2)5-4-6-13(17)16(3)12-8-7-11(14)9-15-12/h7-10H,4-6H2,1-3H3. The van der Waals surface area contributed by atoms with Gasteiger partial charge in [-0.25, -0.2) is 4.98 Å². The van der Waals surface area contributed by atoms with Gasteiger partial charge < -0.3 is 0 Å². The molecule has 94 valence electrons. The summed E-state index contributed by atoms with van der Waals surface area (Å²) in [6.07, 6.45) is 4.32. The largest absolute Gasteiger partial charge is 0.300 e. The number of pyridine rings is 1. The van der Waals surface area contributed by atoms with Crippen molar-refractivity contribution in [3.63, 3.8) is 0 Å². The first-order valence-corrected chi connectivity index (χ1v) is 6.68. The molecular weight excluding hydrogens is 280 g/mol. The molecule has 0 aliphatic rings. The summed E-state index contributed by atoms with van der Waals surface area (Å²) in [5.74, 6) is 1.47. The van der Waals surface area contributed by atoms with Gasteiger partial charge in [-0.15, -0.1) is 0 Å². The number of hydrogen-bond acceptors (Lipinski definition) is 2. The fraction of sp³-hybridized carbons (Fsp3) is 0.538. The van der Waals surface area contributed by atoms with E-state index in [0.717, 1.165) is 17.3 Å². The Balaban J connectivity index is 2.49. The van der Waals surface area contributed by atoms with Crippen molar-refractivity contribution in [2.75, 3.05) is 11.9 Å². The van der Waals surface area contributed by atoms with Gasteiger partial charge in [0.05, 0.1) is 0 Å². The minimum absolute atomic E-state index is 0.125. The van der Waals surface area contributed by atoms with E-state index >= 15 is 0 Å². The van der Waals surface area contributed by atoms with Crippen molar-refractivity contribution in [3.05, 3.63) is 22.8 Å². The Labute approximate surface area is 111 Å². The SMILES string of the molecule is CC(C)CCCC(=O)N(C)c1ccc(Br)cn1. The van der Waals surface area contributed by atoms with Crippen molar-refractivity contribution in [2.45, 2.75) is 33.1 Å². The summed E-state index contributed by atoms with van der Waals surface area (Å²) in [4.78, 5) is 17.7. The zero-order valence-corrected chi connectivity index (χ0v) is 12.2. The van der Waals surface area contributed by atoms with Crippen LogP contribution < -0.4 is 4.90 Å². The number of hydrogen-bond donors (Lipinski definition) is 0. The van der Waals surface area contributed by atoms with Gasteiger partial charge in [0, 0.05) is 24.1 Å². The monoisotopic (exact) mass is 298 g/mol. The van der Waals surface area contributed by atoms with Crippen LogP contribution in [0.3, 0.4) is 0 Å². The predicted octanol–water partition coefficient (Wildman–Crippen LogP) is 3.63. The molecule has 1 heterocycles. The summed E-state index contributed by atoms with van der Waals surface area (Å²) in [5, 5.41) is 0. The molecule has 1 aromatic rings. The number of carbonyl (C=O) groups excluding carboxylic acids is 1. The van der Waals surface area contributed by atoms with Gasteiger partial charge in [0.1, 0.15) is 5.82 Å². The van der Waals surface area contributed by atoms with Gasteiger partial charge >= 0.3 is 0 Å². The molecule has 0 aromatic carbocycles. The molecule has 0 bridgehead atoms. The normalized spacial score (nSPS) is 10.6. The molecular formula is C13H19BrN2O. The first-order chi connectivity index (χ1) is 8.00. The van der Waals surface area contributed by atoms with Crippen LogP contribution in [0.25, 0.3) is 0 Å². The van der Waals surface area contributed by atoms with Gasteiger partial charge in [-0.3, -0.25) is 9.69 Å². The summed E-state index contributed by atoms with van der Waals surface area (Å²) < 4.78 is 0.918. The zero-order valence-electron chi connectivity index (χ0n) is 10.6. The molecule has 0 fully saturated rings. The lowest BCUT2D eigenvalue weighted by Gasteiger charge is -2.16. The summed E-state index contributed by atoms with van der Waals surface area (Å²) in [6, 6.07) is 3.73. The fourth-order valence-corrected chi connectivity index (χ4v) is 1.76. The van der Waals surface area contributed by atoms with E-state index in [0.29, 0.717) is 18.2 Å². The molecule has 0 radical (unpaired) electrons. The highest BCUT2D eigenvalue weighted by molar-refractivity contribution is 9.10. The van der Waals surface area contributed by atoms with Gasteiger partial charge in [0.2, 0.25) is 5.91 Å². The Kier molecular flexibility index (Phi) is 5.62. The average Bonchev–Trinajstić information content (AvgIpc) is 2.28. The van der Waals surface area contributed by atoms with Crippen LogP contribution >= 0.6 is 15.9 Å². The number of halogens is 1. The molecule has 0 saturated heterocycles. The molecule has 0 saturated carbocycles. The lowest BCUT2D eigenvalue weighted by Crippen LogP contribution is -2.26. The molecule has 0 N–H and O–H groups in total. The number of carbonyl (C=O) groups is 1. The summed E-state index contributed by atoms with van der Waals surface area (Å²) in [6.45, 7) is 4.34. The molecule has 1 amide bonds. The fourth-order valence-electron chi connectivity index (χ4n) is 1.52. The van der Waals surface area contributed by atoms with Crippen LogP contribution in [0.5, 0.6) is 0 Å². The molecule has 1 aromatic heterocycles. The van der Waals surface area contributed by atoms with Crippen LogP contribution in [0.2, 0.25) is 0 Å². The molecule has 3 nitrogen and oxygen atoms in total. The third-order valence-electron chi connectivity index (χ3n) is 2.60. The predicted molar refractivity (Wildman–Crippen MR) is 74.0 cm³/mol. The number of aromatic nitrogens is 1. The third kappa shape index (κ3) is 4.86. The van der Waals surface area contributed by atoms with E-state index in [-0.39, 0.29) is 5.91 Å². The van der Waals surface area contributed by atoms with Crippen molar-refractivity contribution >= 4 is 27.7 Å². The Morgan fingerprint density at radius 2 is 2.18 bits per heavy atom. The first kappa shape index (κ1) is 14.2. The minimum atomic E-state index is 0.125. The van der Waals surface area contributed by atoms with E-state index in [9.17, 15) is 4.79 Å². The molecule has 0 atom stereocenters. The topological polar surface area (TPSA) is 33.2 Å². The van der Waals surface area contributed by atoms with Crippen LogP contribution in [0.1, 0.15) is 33.1 Å². The van der Waals surface area contributed by atoms with Crippen molar-refractivity contribution < 1.29 is 4.79 Å². The lowest BCUT2D eigenvalue weighted by atomic mass is 10.1. The van der Waals surface area contributed by atoms with Crippen LogP contribution in [0.15, 0.2) is 22.8 Å². The maximum Gasteiger partial charge on any atom is 0.227 e. The van der Waals surface area contributed by atoms with E-state index < -0.39 is 0 Å². The van der Waals surface area contributed by atoms with Gasteiger partial charge in [-0.2, -0.15) is 0 Å². The summed E-state index contributed by atoms with van der Waals surface area (Å²) in [5.41, 5.74) is 0. The highest BCUT2D eigenvalue weighted by atomic mass is 79.9. The summed E-state index contributed by atoms with van der Waals surface area (Å²) >= 11 is 3.32. The molecule has 1 rings (SSSR count). The smallest absolute Gasteiger partial charge is 0.227 e. The second-order valence-corrected chi connectivity index (χ2v) is 5.49. The van der Waals surface area contributed by atoms with Crippen molar-refractivity contribution in [1.29, 1.82) is 0 Å². The van der Waals surface area contributed by atoms with E-state index in [2.05, 4.69) is 34.8 Å². The van der Waals surface area contributed by atoms with Gasteiger partial charge in [-0.05, 0) is 40.4 Å². The number of anilines is 1. The quantitative estimate of drug-likeness (QED) is 0.831. The Bertz CT molecular complexity index is 362. The number of rotatable bonds is 5. The second-order valence-electron chi connectivity index (χ2n) is 4.57. The van der Waals surface area contributed by atoms with Crippen LogP contribution in [-0.2, 0) is 4.79 Å². The van der Waals surface area contributed by atoms with Gasteiger partial charge in [0.25, 0.3) is 0 Å². The van der Waals surface area contributed by atoms with Crippen LogP contribution in [0, 0.1) is 5.92 Å². The second kappa shape index (κ2) is 6.74. The highest BCUT2D eigenvalue weighted by Crippen LogP contribution is 2.15. The first-order valence-electron chi connectivity index (χ1n) is 5.89. The number of amides is 1. The molecule has 17 heavy (non-hydrogen) atoms. The summed E-state index contributed by atoms with van der Waals surface area (Å²) in [7, 11) is 1.77. The van der Waals surface area contributed by atoms with Gasteiger partial charge in [0.15, 0.2) is 0 Å². The van der Waals surface area contributed by atoms with Crippen molar-refractivity contribution in [3.8, 4) is 0 Å². The maximum absolute atomic E-state index is 11.9. The van der Waals surface area contributed by atoms with E-state index in [1.165, 1.54) is 0 Å². The molecule has 0 unspecified atom stereocenters. The average molecular weight is 299 g/mol. The van der Waals surface area contributed by atoms with Crippen molar-refractivity contribution in [2.24, 2.45) is 5.92 Å². The van der Waals surface area contributed by atoms with E-state index in [1.807, 2.05) is 12.1 Å². The lowest BCUT2D eigenvalue weighted by molar-refractivity contribution is -0.118. The van der Waals surface area contributed by atoms with Crippen molar-refractivity contribution in [1.82, 2.24) is 4.98 Å². The van der Waals surface area contributed by atoms with E-state index in [4.69, 9.17) is 0 Å². The Morgan fingerprint density at radius 1 is 1.47 bits per heavy atom. The molecule has 0 aliphatic heterocycles. The van der Waals surface area contributed by atoms with Crippen LogP contribution in [0.4, 0.5) is 5.82 Å². The maximum atomic E-state index is 11.9. The highest BCUT2D eigenvalue weighted by Gasteiger charge is 2.11.